The zero-order valence-corrected chi connectivity index (χ0v) is 12.1. The van der Waals surface area contributed by atoms with Crippen LogP contribution in [0.25, 0.3) is 10.9 Å². The van der Waals surface area contributed by atoms with Crippen molar-refractivity contribution in [2.75, 3.05) is 19.7 Å². The van der Waals surface area contributed by atoms with E-state index >= 15 is 0 Å². The molecule has 0 spiro atoms. The molecule has 1 aliphatic heterocycles. The van der Waals surface area contributed by atoms with Crippen molar-refractivity contribution in [1.82, 2.24) is 9.88 Å². The number of benzene rings is 1. The first kappa shape index (κ1) is 13.9. The Balaban J connectivity index is 1.97. The van der Waals surface area contributed by atoms with Gasteiger partial charge in [0.1, 0.15) is 5.82 Å². The van der Waals surface area contributed by atoms with Crippen molar-refractivity contribution in [1.29, 1.82) is 0 Å². The van der Waals surface area contributed by atoms with Crippen LogP contribution in [0.15, 0.2) is 24.3 Å². The average molecular weight is 288 g/mol. The molecular formula is C16H17FN2O2. The molecule has 0 radical (unpaired) electrons. The molecule has 0 bridgehead atoms. The maximum atomic E-state index is 13.2. The number of carbonyl (C=O) groups excluding carboxylic acids is 1. The van der Waals surface area contributed by atoms with Gasteiger partial charge >= 0.3 is 0 Å². The quantitative estimate of drug-likeness (QED) is 0.810. The third-order valence-electron chi connectivity index (χ3n) is 3.73. The van der Waals surface area contributed by atoms with Crippen LogP contribution in [0.1, 0.15) is 23.0 Å². The molecule has 1 aromatic carbocycles. The third-order valence-corrected chi connectivity index (χ3v) is 3.73. The highest BCUT2D eigenvalue weighted by Crippen LogP contribution is 2.20. The summed E-state index contributed by atoms with van der Waals surface area (Å²) >= 11 is 0. The second-order valence-corrected chi connectivity index (χ2v) is 5.39. The predicted octanol–water partition coefficient (Wildman–Crippen LogP) is 2.54. The summed E-state index contributed by atoms with van der Waals surface area (Å²) in [5.41, 5.74) is 1.76. The molecule has 1 saturated heterocycles. The zero-order chi connectivity index (χ0) is 15.0. The van der Waals surface area contributed by atoms with Crippen LogP contribution in [-0.4, -0.2) is 41.6 Å². The van der Waals surface area contributed by atoms with Gasteiger partial charge in [-0.25, -0.2) is 4.39 Å². The SMILES string of the molecule is Cc1nc2cc(F)ccc2cc1C(=O)N1CCO[C@H](C)C1. The van der Waals surface area contributed by atoms with E-state index in [1.165, 1.54) is 12.1 Å². The van der Waals surface area contributed by atoms with Gasteiger partial charge in [0.2, 0.25) is 0 Å². The van der Waals surface area contributed by atoms with E-state index in [0.29, 0.717) is 36.5 Å². The van der Waals surface area contributed by atoms with Gasteiger partial charge in [0.05, 0.1) is 29.5 Å². The molecule has 4 nitrogen and oxygen atoms in total. The lowest BCUT2D eigenvalue weighted by molar-refractivity contribution is -0.0124. The highest BCUT2D eigenvalue weighted by Gasteiger charge is 2.24. The standard InChI is InChI=1S/C16H17FN2O2/c1-10-9-19(5-6-21-10)16(20)14-7-12-3-4-13(17)8-15(12)18-11(14)2/h3-4,7-8,10H,5-6,9H2,1-2H3/t10-/m1/s1. The highest BCUT2D eigenvalue weighted by molar-refractivity contribution is 5.98. The van der Waals surface area contributed by atoms with Crippen molar-refractivity contribution in [2.24, 2.45) is 0 Å². The number of morpholine rings is 1. The fourth-order valence-corrected chi connectivity index (χ4v) is 2.63. The van der Waals surface area contributed by atoms with Crippen molar-refractivity contribution < 1.29 is 13.9 Å². The van der Waals surface area contributed by atoms with Crippen molar-refractivity contribution in [3.63, 3.8) is 0 Å². The molecular weight excluding hydrogens is 271 g/mol. The summed E-state index contributed by atoms with van der Waals surface area (Å²) in [4.78, 5) is 18.8. The van der Waals surface area contributed by atoms with Gasteiger partial charge in [-0.2, -0.15) is 0 Å². The maximum Gasteiger partial charge on any atom is 0.255 e. The minimum atomic E-state index is -0.324. The minimum Gasteiger partial charge on any atom is -0.375 e. The van der Waals surface area contributed by atoms with Crippen LogP contribution in [0.4, 0.5) is 4.39 Å². The van der Waals surface area contributed by atoms with Gasteiger partial charge in [-0.15, -0.1) is 0 Å². The number of pyridine rings is 1. The van der Waals surface area contributed by atoms with Crippen LogP contribution in [0.2, 0.25) is 0 Å². The number of aryl methyl sites for hydroxylation is 1. The van der Waals surface area contributed by atoms with E-state index in [-0.39, 0.29) is 17.8 Å². The lowest BCUT2D eigenvalue weighted by Gasteiger charge is -2.31. The second-order valence-electron chi connectivity index (χ2n) is 5.39. The first-order valence-electron chi connectivity index (χ1n) is 7.02. The Morgan fingerprint density at radius 3 is 3.00 bits per heavy atom. The van der Waals surface area contributed by atoms with Gasteiger partial charge in [-0.1, -0.05) is 0 Å². The fraction of sp³-hybridized carbons (Fsp3) is 0.375. The summed E-state index contributed by atoms with van der Waals surface area (Å²) in [5, 5.41) is 0.770. The molecule has 3 rings (SSSR count). The topological polar surface area (TPSA) is 42.4 Å². The summed E-state index contributed by atoms with van der Waals surface area (Å²) in [5.74, 6) is -0.364. The molecule has 2 heterocycles. The molecule has 1 fully saturated rings. The van der Waals surface area contributed by atoms with Gasteiger partial charge < -0.3 is 9.64 Å². The first-order valence-corrected chi connectivity index (χ1v) is 7.02. The molecule has 0 unspecified atom stereocenters. The molecule has 1 aliphatic rings. The van der Waals surface area contributed by atoms with E-state index in [2.05, 4.69) is 4.98 Å². The van der Waals surface area contributed by atoms with Gasteiger partial charge in [0, 0.05) is 24.5 Å². The summed E-state index contributed by atoms with van der Waals surface area (Å²) in [6.07, 6.45) is 0.0468. The molecule has 1 amide bonds. The van der Waals surface area contributed by atoms with Crippen LogP contribution in [0.3, 0.4) is 0 Å². The number of ether oxygens (including phenoxy) is 1. The molecule has 0 saturated carbocycles. The molecule has 2 aromatic rings. The zero-order valence-electron chi connectivity index (χ0n) is 12.1. The van der Waals surface area contributed by atoms with Crippen molar-refractivity contribution >= 4 is 16.8 Å². The Morgan fingerprint density at radius 2 is 2.24 bits per heavy atom. The van der Waals surface area contributed by atoms with Crippen LogP contribution in [-0.2, 0) is 4.74 Å². The number of carbonyl (C=O) groups is 1. The molecule has 5 heteroatoms. The number of fused-ring (bicyclic) bond motifs is 1. The van der Waals surface area contributed by atoms with E-state index in [1.807, 2.05) is 6.92 Å². The van der Waals surface area contributed by atoms with Crippen molar-refractivity contribution in [2.45, 2.75) is 20.0 Å². The summed E-state index contributed by atoms with van der Waals surface area (Å²) in [6.45, 7) is 5.46. The molecule has 0 N–H and O–H groups in total. The lowest BCUT2D eigenvalue weighted by Crippen LogP contribution is -2.44. The monoisotopic (exact) mass is 288 g/mol. The van der Waals surface area contributed by atoms with Gasteiger partial charge in [-0.05, 0) is 32.0 Å². The lowest BCUT2D eigenvalue weighted by atomic mass is 10.1. The Bertz CT molecular complexity index is 702. The summed E-state index contributed by atoms with van der Waals surface area (Å²) in [7, 11) is 0. The maximum absolute atomic E-state index is 13.2. The molecule has 1 atom stereocenters. The van der Waals surface area contributed by atoms with Crippen LogP contribution in [0.5, 0.6) is 0 Å². The van der Waals surface area contributed by atoms with Gasteiger partial charge in [0.25, 0.3) is 5.91 Å². The van der Waals surface area contributed by atoms with Crippen LogP contribution in [0, 0.1) is 12.7 Å². The highest BCUT2D eigenvalue weighted by atomic mass is 19.1. The van der Waals surface area contributed by atoms with E-state index < -0.39 is 0 Å². The second kappa shape index (κ2) is 5.41. The van der Waals surface area contributed by atoms with E-state index in [0.717, 1.165) is 5.39 Å². The number of hydrogen-bond donors (Lipinski definition) is 0. The fourth-order valence-electron chi connectivity index (χ4n) is 2.63. The first-order chi connectivity index (χ1) is 10.0. The number of halogens is 1. The molecule has 0 aliphatic carbocycles. The summed E-state index contributed by atoms with van der Waals surface area (Å²) in [6, 6.07) is 6.20. The van der Waals surface area contributed by atoms with E-state index in [1.54, 1.807) is 24.0 Å². The number of hydrogen-bond acceptors (Lipinski definition) is 3. The van der Waals surface area contributed by atoms with Gasteiger partial charge in [-0.3, -0.25) is 9.78 Å². The number of rotatable bonds is 1. The Hall–Kier alpha value is -2.01. The van der Waals surface area contributed by atoms with Crippen LogP contribution < -0.4 is 0 Å². The normalized spacial score (nSPS) is 19.0. The van der Waals surface area contributed by atoms with Crippen molar-refractivity contribution in [3.05, 3.63) is 41.3 Å². The van der Waals surface area contributed by atoms with Crippen molar-refractivity contribution in [3.8, 4) is 0 Å². The number of nitrogens with zero attached hydrogens (tertiary/aromatic N) is 2. The smallest absolute Gasteiger partial charge is 0.255 e. The van der Waals surface area contributed by atoms with Gasteiger partial charge in [0.15, 0.2) is 0 Å². The van der Waals surface area contributed by atoms with E-state index in [9.17, 15) is 9.18 Å². The Kier molecular flexibility index (Phi) is 3.59. The largest absolute Gasteiger partial charge is 0.375 e. The Labute approximate surface area is 122 Å². The molecule has 110 valence electrons. The van der Waals surface area contributed by atoms with E-state index in [4.69, 9.17) is 4.74 Å². The van der Waals surface area contributed by atoms with Crippen LogP contribution >= 0.6 is 0 Å². The predicted molar refractivity (Wildman–Crippen MR) is 77.8 cm³/mol. The minimum absolute atomic E-state index is 0.0404. The third kappa shape index (κ3) is 2.74. The average Bonchev–Trinajstić information content (AvgIpc) is 2.45. The summed E-state index contributed by atoms with van der Waals surface area (Å²) < 4.78 is 18.7. The number of amides is 1. The molecule has 21 heavy (non-hydrogen) atoms. The molecule has 1 aromatic heterocycles. The Morgan fingerprint density at radius 1 is 1.43 bits per heavy atom. The number of aromatic nitrogens is 1.